The maximum atomic E-state index is 13.7. The van der Waals surface area contributed by atoms with E-state index in [1.54, 1.807) is 0 Å². The molecule has 1 aliphatic rings. The van der Waals surface area contributed by atoms with Gasteiger partial charge in [0, 0.05) is 17.6 Å². The fourth-order valence-electron chi connectivity index (χ4n) is 3.02. The number of rotatable bonds is 3. The van der Waals surface area contributed by atoms with Gasteiger partial charge in [0.05, 0.1) is 0 Å². The van der Waals surface area contributed by atoms with Gasteiger partial charge in [-0.25, -0.2) is 8.78 Å². The molecule has 1 aromatic carbocycles. The second-order valence-electron chi connectivity index (χ2n) is 6.06. The molecule has 0 bridgehead atoms. The minimum atomic E-state index is -0.380. The molecule has 1 aromatic rings. The van der Waals surface area contributed by atoms with Crippen molar-refractivity contribution in [1.29, 1.82) is 0 Å². The molecule has 0 amide bonds. The first-order chi connectivity index (χ1) is 8.97. The molecular weight excluding hydrogens is 244 g/mol. The molecule has 19 heavy (non-hydrogen) atoms. The normalized spacial score (nSPS) is 29.2. The smallest absolute Gasteiger partial charge is 0.128 e. The van der Waals surface area contributed by atoms with Gasteiger partial charge in [0.25, 0.3) is 0 Å². The van der Waals surface area contributed by atoms with Crippen molar-refractivity contribution in [2.45, 2.75) is 52.1 Å². The molecule has 0 heterocycles. The van der Waals surface area contributed by atoms with Crippen molar-refractivity contribution in [3.63, 3.8) is 0 Å². The van der Waals surface area contributed by atoms with Crippen LogP contribution in [0.4, 0.5) is 8.78 Å². The third-order valence-corrected chi connectivity index (χ3v) is 4.35. The van der Waals surface area contributed by atoms with Crippen LogP contribution < -0.4 is 5.32 Å². The molecule has 106 valence electrons. The Morgan fingerprint density at radius 3 is 2.68 bits per heavy atom. The monoisotopic (exact) mass is 267 g/mol. The first-order valence-corrected chi connectivity index (χ1v) is 7.18. The van der Waals surface area contributed by atoms with Crippen LogP contribution in [0.25, 0.3) is 0 Å². The highest BCUT2D eigenvalue weighted by molar-refractivity contribution is 5.22. The topological polar surface area (TPSA) is 12.0 Å². The van der Waals surface area contributed by atoms with Crippen LogP contribution >= 0.6 is 0 Å². The molecule has 0 aromatic heterocycles. The van der Waals surface area contributed by atoms with Crippen LogP contribution in [-0.2, 0) is 0 Å². The third-order valence-electron chi connectivity index (χ3n) is 4.35. The van der Waals surface area contributed by atoms with E-state index in [0.717, 1.165) is 12.5 Å². The van der Waals surface area contributed by atoms with Gasteiger partial charge in [-0.1, -0.05) is 20.3 Å². The number of benzene rings is 1. The zero-order valence-electron chi connectivity index (χ0n) is 11.9. The van der Waals surface area contributed by atoms with Crippen LogP contribution in [0.3, 0.4) is 0 Å². The van der Waals surface area contributed by atoms with Gasteiger partial charge in [-0.05, 0) is 49.8 Å². The van der Waals surface area contributed by atoms with Gasteiger partial charge in [-0.3, -0.25) is 0 Å². The van der Waals surface area contributed by atoms with E-state index in [-0.39, 0.29) is 17.7 Å². The predicted octanol–water partition coefficient (Wildman–Crippen LogP) is 4.44. The summed E-state index contributed by atoms with van der Waals surface area (Å²) in [5.74, 6) is 0.585. The van der Waals surface area contributed by atoms with Crippen LogP contribution in [0.15, 0.2) is 18.2 Å². The average molecular weight is 267 g/mol. The number of hydrogen-bond acceptors (Lipinski definition) is 1. The molecule has 1 aliphatic carbocycles. The van der Waals surface area contributed by atoms with Gasteiger partial charge in [0.2, 0.25) is 0 Å². The summed E-state index contributed by atoms with van der Waals surface area (Å²) >= 11 is 0. The largest absolute Gasteiger partial charge is 0.307 e. The van der Waals surface area contributed by atoms with E-state index in [2.05, 4.69) is 19.2 Å². The summed E-state index contributed by atoms with van der Waals surface area (Å²) in [6.07, 6.45) is 3.59. The Hall–Kier alpha value is -0.960. The molecule has 1 saturated carbocycles. The number of halogens is 2. The molecule has 1 nitrogen and oxygen atoms in total. The van der Waals surface area contributed by atoms with E-state index in [1.165, 1.54) is 25.0 Å². The lowest BCUT2D eigenvalue weighted by Crippen LogP contribution is -2.40. The van der Waals surface area contributed by atoms with Crippen molar-refractivity contribution in [2.24, 2.45) is 11.8 Å². The summed E-state index contributed by atoms with van der Waals surface area (Å²) < 4.78 is 27.0. The predicted molar refractivity (Wildman–Crippen MR) is 73.9 cm³/mol. The maximum Gasteiger partial charge on any atom is 0.128 e. The SMILES string of the molecule is CC1CCC(C)C(NC(C)c2cc(F)ccc2F)C1. The minimum Gasteiger partial charge on any atom is -0.307 e. The lowest BCUT2D eigenvalue weighted by atomic mass is 9.79. The van der Waals surface area contributed by atoms with Crippen LogP contribution in [0.5, 0.6) is 0 Å². The first kappa shape index (κ1) is 14.4. The molecule has 1 N–H and O–H groups in total. The molecule has 3 heteroatoms. The van der Waals surface area contributed by atoms with Gasteiger partial charge >= 0.3 is 0 Å². The maximum absolute atomic E-state index is 13.7. The fraction of sp³-hybridized carbons (Fsp3) is 0.625. The Balaban J connectivity index is 2.07. The van der Waals surface area contributed by atoms with E-state index >= 15 is 0 Å². The summed E-state index contributed by atoms with van der Waals surface area (Å²) in [4.78, 5) is 0. The molecule has 4 atom stereocenters. The number of nitrogens with one attached hydrogen (secondary N) is 1. The fourth-order valence-corrected chi connectivity index (χ4v) is 3.02. The van der Waals surface area contributed by atoms with Crippen LogP contribution in [0.1, 0.15) is 51.6 Å². The summed E-state index contributed by atoms with van der Waals surface area (Å²) in [7, 11) is 0. The molecular formula is C16H23F2N. The zero-order chi connectivity index (χ0) is 14.0. The van der Waals surface area contributed by atoms with Crippen molar-refractivity contribution in [2.75, 3.05) is 0 Å². The van der Waals surface area contributed by atoms with Crippen molar-refractivity contribution < 1.29 is 8.78 Å². The van der Waals surface area contributed by atoms with E-state index < -0.39 is 0 Å². The van der Waals surface area contributed by atoms with Gasteiger partial charge in [-0.15, -0.1) is 0 Å². The van der Waals surface area contributed by atoms with Gasteiger partial charge in [0.15, 0.2) is 0 Å². The average Bonchev–Trinajstić information content (AvgIpc) is 2.36. The molecule has 0 radical (unpaired) electrons. The molecule has 0 aliphatic heterocycles. The van der Waals surface area contributed by atoms with Gasteiger partial charge < -0.3 is 5.32 Å². The third kappa shape index (κ3) is 3.53. The molecule has 1 fully saturated rings. The van der Waals surface area contributed by atoms with E-state index in [4.69, 9.17) is 0 Å². The molecule has 0 spiro atoms. The summed E-state index contributed by atoms with van der Waals surface area (Å²) in [5, 5.41) is 3.48. The zero-order valence-corrected chi connectivity index (χ0v) is 11.9. The van der Waals surface area contributed by atoms with E-state index in [9.17, 15) is 8.78 Å². The molecule has 2 rings (SSSR count). The standard InChI is InChI=1S/C16H23F2N/c1-10-4-5-11(2)16(8-10)19-12(3)14-9-13(17)6-7-15(14)18/h6-7,9-12,16,19H,4-5,8H2,1-3H3. The highest BCUT2D eigenvalue weighted by Crippen LogP contribution is 2.30. The van der Waals surface area contributed by atoms with Crippen molar-refractivity contribution in [1.82, 2.24) is 5.32 Å². The van der Waals surface area contributed by atoms with Crippen LogP contribution in [0, 0.1) is 23.5 Å². The Labute approximate surface area is 114 Å². The second kappa shape index (κ2) is 6.00. The summed E-state index contributed by atoms with van der Waals surface area (Å²) in [6, 6.07) is 3.89. The minimum absolute atomic E-state index is 0.159. The molecule has 4 unspecified atom stereocenters. The Kier molecular flexibility index (Phi) is 4.56. The van der Waals surface area contributed by atoms with Crippen LogP contribution in [-0.4, -0.2) is 6.04 Å². The van der Waals surface area contributed by atoms with Crippen LogP contribution in [0.2, 0.25) is 0 Å². The van der Waals surface area contributed by atoms with Gasteiger partial charge in [-0.2, -0.15) is 0 Å². The quantitative estimate of drug-likeness (QED) is 0.853. The Bertz CT molecular complexity index is 433. The Morgan fingerprint density at radius 1 is 1.21 bits per heavy atom. The van der Waals surface area contributed by atoms with E-state index in [1.807, 2.05) is 6.92 Å². The van der Waals surface area contributed by atoms with Gasteiger partial charge in [0.1, 0.15) is 11.6 Å². The summed E-state index contributed by atoms with van der Waals surface area (Å²) in [6.45, 7) is 6.40. The van der Waals surface area contributed by atoms with Crippen molar-refractivity contribution in [3.05, 3.63) is 35.4 Å². The van der Waals surface area contributed by atoms with Crippen molar-refractivity contribution >= 4 is 0 Å². The Morgan fingerprint density at radius 2 is 1.95 bits per heavy atom. The molecule has 0 saturated heterocycles. The van der Waals surface area contributed by atoms with E-state index in [0.29, 0.717) is 23.4 Å². The summed E-state index contributed by atoms with van der Waals surface area (Å²) in [5.41, 5.74) is 0.422. The first-order valence-electron chi connectivity index (χ1n) is 7.18. The highest BCUT2D eigenvalue weighted by Gasteiger charge is 2.27. The highest BCUT2D eigenvalue weighted by atomic mass is 19.1. The van der Waals surface area contributed by atoms with Crippen molar-refractivity contribution in [3.8, 4) is 0 Å². The second-order valence-corrected chi connectivity index (χ2v) is 6.06. The lowest BCUT2D eigenvalue weighted by molar-refractivity contribution is 0.215. The lowest BCUT2D eigenvalue weighted by Gasteiger charge is -2.35. The number of hydrogen-bond donors (Lipinski definition) is 1.